The minimum absolute atomic E-state index is 0.292. The molecule has 4 aromatic heterocycles. The molecule has 102 heavy (non-hydrogen) atoms. The molecule has 4 atom stereocenters. The van der Waals surface area contributed by atoms with E-state index < -0.39 is 34.3 Å². The van der Waals surface area contributed by atoms with Crippen molar-refractivity contribution < 1.29 is 77.2 Å². The molecule has 28 nitrogen and oxygen atoms in total. The molecule has 0 saturated carbocycles. The fourth-order valence-electron chi connectivity index (χ4n) is 12.3. The molecule has 540 valence electrons. The van der Waals surface area contributed by atoms with E-state index >= 15 is 0 Å². The van der Waals surface area contributed by atoms with Crippen LogP contribution in [0.4, 0.5) is 0 Å². The number of nitrogens with zero attached hydrogens (tertiary/aromatic N) is 12. The predicted molar refractivity (Wildman–Crippen MR) is 376 cm³/mol. The molecular weight excluding hydrogens is 1310 g/mol. The molecule has 28 heteroatoms. The molecule has 0 spiro atoms. The molecule has 8 aromatic rings. The first-order valence-corrected chi connectivity index (χ1v) is 32.7. The van der Waals surface area contributed by atoms with Gasteiger partial charge in [0.15, 0.2) is 22.4 Å². The van der Waals surface area contributed by atoms with Gasteiger partial charge in [0.25, 0.3) is 0 Å². The van der Waals surface area contributed by atoms with Gasteiger partial charge in [0, 0.05) is 65.5 Å². The van der Waals surface area contributed by atoms with Gasteiger partial charge in [0.2, 0.25) is 0 Å². The lowest BCUT2D eigenvalue weighted by Gasteiger charge is -2.22. The number of esters is 2. The summed E-state index contributed by atoms with van der Waals surface area (Å²) in [5.74, 6) is -2.56. The van der Waals surface area contributed by atoms with E-state index in [-0.39, 0.29) is 11.9 Å². The summed E-state index contributed by atoms with van der Waals surface area (Å²) in [6.45, 7) is 24.4. The molecule has 8 heterocycles. The lowest BCUT2D eigenvalue weighted by Crippen LogP contribution is -2.26. The number of oxime groups is 4. The second kappa shape index (κ2) is 31.5. The second-order valence-corrected chi connectivity index (χ2v) is 26.2. The Morgan fingerprint density at radius 3 is 0.931 bits per heavy atom. The fourth-order valence-corrected chi connectivity index (χ4v) is 12.3. The van der Waals surface area contributed by atoms with E-state index in [1.807, 2.05) is 130 Å². The SMILES string of the molecule is COCn1nc(C)cc1C1(C)CC(c2ccc(C(=O)O)c(C)c2)=NO1.COCn1nc(C)cc1C1(C)CC(c2ccc(C(=O)OC)c(C)c2)=NO1.COCn1nc(C2(C)CC(c3ccc(C(=O)O)c(C)c3)=NO2)cc1C.COCn1nc(C2(C)CC(c3ccc(C(=O)OC)c(C)c3)=NO2)cc1C. The van der Waals surface area contributed by atoms with Gasteiger partial charge >= 0.3 is 23.9 Å². The number of carboxylic acid groups (broad SMARTS) is 2. The van der Waals surface area contributed by atoms with Crippen LogP contribution in [-0.2, 0) is 97.1 Å². The highest BCUT2D eigenvalue weighted by molar-refractivity contribution is 6.05. The number of carbonyl (C=O) groups excluding carboxylic acids is 2. The number of methoxy groups -OCH3 is 6. The zero-order valence-corrected chi connectivity index (χ0v) is 60.9. The lowest BCUT2D eigenvalue weighted by atomic mass is 9.91. The second-order valence-electron chi connectivity index (χ2n) is 26.2. The Morgan fingerprint density at radius 2 is 0.657 bits per heavy atom. The molecule has 0 bridgehead atoms. The van der Waals surface area contributed by atoms with Crippen LogP contribution in [0, 0.1) is 55.4 Å². The van der Waals surface area contributed by atoms with Crippen molar-refractivity contribution in [3.8, 4) is 0 Å². The predicted octanol–water partition coefficient (Wildman–Crippen LogP) is 11.5. The molecule has 4 aliphatic rings. The van der Waals surface area contributed by atoms with Gasteiger partial charge in [-0.05, 0) is 200 Å². The number of ether oxygens (including phenoxy) is 6. The average Bonchev–Trinajstić information content (AvgIpc) is 1.64. The molecule has 0 aliphatic carbocycles. The summed E-state index contributed by atoms with van der Waals surface area (Å²) in [5, 5.41) is 53.4. The van der Waals surface area contributed by atoms with E-state index in [0.717, 1.165) is 102 Å². The van der Waals surface area contributed by atoms with Gasteiger partial charge in [-0.1, -0.05) is 44.9 Å². The minimum Gasteiger partial charge on any atom is -0.478 e. The molecule has 12 rings (SSSR count). The number of aryl methyl sites for hydroxylation is 8. The third-order valence-corrected chi connectivity index (χ3v) is 17.9. The van der Waals surface area contributed by atoms with Crippen molar-refractivity contribution >= 4 is 46.7 Å². The number of carboxylic acids is 2. The van der Waals surface area contributed by atoms with Crippen LogP contribution in [-0.4, -0.2) is 139 Å². The van der Waals surface area contributed by atoms with E-state index in [4.69, 9.17) is 58.0 Å². The van der Waals surface area contributed by atoms with Crippen molar-refractivity contribution in [1.29, 1.82) is 0 Å². The van der Waals surface area contributed by atoms with E-state index in [0.29, 0.717) is 86.0 Å². The third-order valence-electron chi connectivity index (χ3n) is 17.9. The molecule has 0 fully saturated rings. The van der Waals surface area contributed by atoms with Crippen LogP contribution in [0.3, 0.4) is 0 Å². The topological polar surface area (TPSA) is 322 Å². The molecule has 2 N–H and O–H groups in total. The van der Waals surface area contributed by atoms with Gasteiger partial charge in [-0.2, -0.15) is 20.4 Å². The zero-order valence-electron chi connectivity index (χ0n) is 60.9. The number of benzene rings is 4. The number of carbonyl (C=O) groups is 4. The zero-order chi connectivity index (χ0) is 74.2. The summed E-state index contributed by atoms with van der Waals surface area (Å²) in [7, 11) is 9.26. The van der Waals surface area contributed by atoms with Crippen molar-refractivity contribution in [2.24, 2.45) is 20.6 Å². The third kappa shape index (κ3) is 16.5. The normalized spacial score (nSPS) is 19.4. The summed E-state index contributed by atoms with van der Waals surface area (Å²) < 4.78 is 37.4. The first kappa shape index (κ1) is 75.5. The molecule has 4 aromatic carbocycles. The Bertz CT molecular complexity index is 4600. The number of aromatic carboxylic acids is 2. The Balaban J connectivity index is 0.000000158. The Morgan fingerprint density at radius 1 is 0.382 bits per heavy atom. The molecule has 0 saturated heterocycles. The molecule has 0 amide bonds. The largest absolute Gasteiger partial charge is 0.478 e. The van der Waals surface area contributed by atoms with E-state index in [9.17, 15) is 19.2 Å². The van der Waals surface area contributed by atoms with Crippen LogP contribution < -0.4 is 0 Å². The van der Waals surface area contributed by atoms with Crippen LogP contribution >= 0.6 is 0 Å². The number of hydrogen-bond donors (Lipinski definition) is 2. The highest BCUT2D eigenvalue weighted by Gasteiger charge is 2.44. The average molecular weight is 1400 g/mol. The van der Waals surface area contributed by atoms with Gasteiger partial charge < -0.3 is 58.0 Å². The van der Waals surface area contributed by atoms with Crippen LogP contribution in [0.25, 0.3) is 0 Å². The lowest BCUT2D eigenvalue weighted by molar-refractivity contribution is -0.0197. The van der Waals surface area contributed by atoms with Gasteiger partial charge in [-0.3, -0.25) is 0 Å². The highest BCUT2D eigenvalue weighted by atomic mass is 16.7. The van der Waals surface area contributed by atoms with E-state index in [1.54, 1.807) is 97.4 Å². The maximum atomic E-state index is 11.8. The minimum atomic E-state index is -0.933. The smallest absolute Gasteiger partial charge is 0.338 e. The van der Waals surface area contributed by atoms with Gasteiger partial charge in [-0.15, -0.1) is 0 Å². The molecule has 4 unspecified atom stereocenters. The number of hydrogen-bond acceptors (Lipinski definition) is 22. The Labute approximate surface area is 591 Å². The van der Waals surface area contributed by atoms with E-state index in [2.05, 4.69) is 41.0 Å². The van der Waals surface area contributed by atoms with Gasteiger partial charge in [0.1, 0.15) is 38.3 Å². The molecule has 0 radical (unpaired) electrons. The maximum absolute atomic E-state index is 11.8. The standard InChI is InChI=1S/2C19H23N3O4.2C18H21N3O4/c1-12-8-14(6-7-15(12)18(23)25-5)16-10-19(3,26-21-16)17-9-13(2)22(20-17)11-24-4;1-12-8-14(6-7-15(12)18(23)25-5)16-10-19(3,26-21-16)17-9-13(2)20-22(17)11-24-4;1-11-7-13(5-6-14(11)17(22)23)15-9-18(3,25-20-15)16-8-12(2)21(19-16)10-24-4;1-11-7-13(5-6-14(11)17(22)23)15-9-18(3,25-20-15)16-8-12(2)19-21(16)10-24-4/h2*6-9H,10-11H2,1-5H3;2*5-8H,9-10H2,1-4H3,(H,22,23). The highest BCUT2D eigenvalue weighted by Crippen LogP contribution is 2.41. The van der Waals surface area contributed by atoms with Crippen molar-refractivity contribution in [2.75, 3.05) is 42.7 Å². The molecular formula is C74H88N12O16. The van der Waals surface area contributed by atoms with Gasteiger partial charge in [0.05, 0.1) is 82.1 Å². The van der Waals surface area contributed by atoms with Crippen LogP contribution in [0.1, 0.15) is 185 Å². The quantitative estimate of drug-likeness (QED) is 0.0670. The van der Waals surface area contributed by atoms with Crippen molar-refractivity contribution in [3.05, 3.63) is 209 Å². The summed E-state index contributed by atoms with van der Waals surface area (Å²) in [4.78, 5) is 68.9. The first-order valence-electron chi connectivity index (χ1n) is 32.7. The Hall–Kier alpha value is -10.7. The first-order chi connectivity index (χ1) is 48.4. The van der Waals surface area contributed by atoms with Crippen molar-refractivity contribution in [2.45, 2.75) is 158 Å². The van der Waals surface area contributed by atoms with Crippen LogP contribution in [0.15, 0.2) is 118 Å². The van der Waals surface area contributed by atoms with Crippen molar-refractivity contribution in [3.63, 3.8) is 0 Å². The van der Waals surface area contributed by atoms with Gasteiger partial charge in [-0.25, -0.2) is 37.9 Å². The van der Waals surface area contributed by atoms with Crippen LogP contribution in [0.2, 0.25) is 0 Å². The summed E-state index contributed by atoms with van der Waals surface area (Å²) in [6, 6.07) is 29.4. The van der Waals surface area contributed by atoms with Crippen LogP contribution in [0.5, 0.6) is 0 Å². The monoisotopic (exact) mass is 1400 g/mol. The number of aromatic nitrogens is 8. The summed E-state index contributed by atoms with van der Waals surface area (Å²) >= 11 is 0. The van der Waals surface area contributed by atoms with E-state index in [1.165, 1.54) is 14.2 Å². The fraction of sp³-hybridized carbons (Fsp3) is 0.405. The summed E-state index contributed by atoms with van der Waals surface area (Å²) in [6.07, 6.45) is 2.31. The summed E-state index contributed by atoms with van der Waals surface area (Å²) in [5.41, 5.74) is 16.2. The number of rotatable bonds is 20. The maximum Gasteiger partial charge on any atom is 0.338 e. The molecule has 4 aliphatic heterocycles. The van der Waals surface area contributed by atoms with Crippen molar-refractivity contribution in [1.82, 2.24) is 39.1 Å². The Kier molecular flexibility index (Phi) is 23.3.